The van der Waals surface area contributed by atoms with E-state index in [4.69, 9.17) is 9.84 Å². The Morgan fingerprint density at radius 1 is 1.10 bits per heavy atom. The Morgan fingerprint density at radius 2 is 1.85 bits per heavy atom. The maximum atomic E-state index is 12.5. The fourth-order valence-electron chi connectivity index (χ4n) is 6.51. The van der Waals surface area contributed by atoms with Crippen LogP contribution < -0.4 is 5.32 Å². The maximum Gasteiger partial charge on any atom is 0.410 e. The van der Waals surface area contributed by atoms with Gasteiger partial charge in [0.2, 0.25) is 11.8 Å². The fraction of sp³-hybridized carbons (Fsp3) is 0.667. The molecule has 4 heterocycles. The summed E-state index contributed by atoms with van der Waals surface area (Å²) < 4.78 is 7.45. The highest BCUT2D eigenvalue weighted by Crippen LogP contribution is 2.35. The van der Waals surface area contributed by atoms with Gasteiger partial charge in [-0.2, -0.15) is 5.10 Å². The van der Waals surface area contributed by atoms with E-state index in [1.54, 1.807) is 0 Å². The summed E-state index contributed by atoms with van der Waals surface area (Å²) in [5.74, 6) is 0.731. The first-order valence-electron chi connectivity index (χ1n) is 14.5. The number of fused-ring (bicyclic) bond motifs is 1. The smallest absolute Gasteiger partial charge is 0.410 e. The van der Waals surface area contributed by atoms with Crippen LogP contribution in [0.4, 0.5) is 4.79 Å². The molecule has 9 heteroatoms. The number of nitrogens with one attached hydrogen (secondary N) is 1. The van der Waals surface area contributed by atoms with Crippen LogP contribution in [0, 0.1) is 11.8 Å². The van der Waals surface area contributed by atoms with Crippen molar-refractivity contribution < 1.29 is 19.1 Å². The Labute approximate surface area is 231 Å². The third kappa shape index (κ3) is 6.13. The number of aryl methyl sites for hydroxylation is 1. The normalized spacial score (nSPS) is 25.7. The van der Waals surface area contributed by atoms with Gasteiger partial charge in [0.1, 0.15) is 5.60 Å². The van der Waals surface area contributed by atoms with Crippen LogP contribution in [0.5, 0.6) is 0 Å². The molecule has 1 aromatic heterocycles. The molecule has 0 saturated carbocycles. The molecule has 3 aliphatic rings. The summed E-state index contributed by atoms with van der Waals surface area (Å²) >= 11 is 0. The molecule has 1 aromatic carbocycles. The highest BCUT2D eigenvalue weighted by Gasteiger charge is 2.34. The van der Waals surface area contributed by atoms with Gasteiger partial charge in [-0.25, -0.2) is 4.79 Å². The number of aromatic nitrogens is 2. The summed E-state index contributed by atoms with van der Waals surface area (Å²) in [5.41, 5.74) is 2.68. The molecule has 3 atom stereocenters. The quantitative estimate of drug-likeness (QED) is 0.588. The number of benzene rings is 1. The summed E-state index contributed by atoms with van der Waals surface area (Å²) in [6, 6.07) is 6.56. The molecule has 0 spiro atoms. The molecule has 3 amide bonds. The topological polar surface area (TPSA) is 96.8 Å². The van der Waals surface area contributed by atoms with E-state index in [1.165, 1.54) is 5.56 Å². The molecule has 9 nitrogen and oxygen atoms in total. The van der Waals surface area contributed by atoms with E-state index in [1.807, 2.05) is 37.4 Å². The van der Waals surface area contributed by atoms with Gasteiger partial charge in [0.05, 0.1) is 17.1 Å². The third-order valence-electron chi connectivity index (χ3n) is 8.76. The first-order chi connectivity index (χ1) is 18.5. The molecule has 5 rings (SSSR count). The van der Waals surface area contributed by atoms with E-state index in [2.05, 4.69) is 35.3 Å². The maximum absolute atomic E-state index is 12.5. The number of carbonyl (C=O) groups excluding carboxylic acids is 3. The number of rotatable bonds is 4. The highest BCUT2D eigenvalue weighted by molar-refractivity contribution is 6.02. The van der Waals surface area contributed by atoms with Crippen molar-refractivity contribution in [1.82, 2.24) is 24.9 Å². The van der Waals surface area contributed by atoms with Gasteiger partial charge in [0.25, 0.3) is 0 Å². The second-order valence-corrected chi connectivity index (χ2v) is 12.8. The number of hydrogen-bond acceptors (Lipinski definition) is 6. The monoisotopic (exact) mass is 537 g/mol. The van der Waals surface area contributed by atoms with Crippen molar-refractivity contribution in [1.29, 1.82) is 0 Å². The molecule has 3 fully saturated rings. The zero-order valence-corrected chi connectivity index (χ0v) is 24.0. The molecule has 0 aliphatic carbocycles. The fourth-order valence-corrected chi connectivity index (χ4v) is 6.51. The van der Waals surface area contributed by atoms with Crippen molar-refractivity contribution in [3.8, 4) is 0 Å². The lowest BCUT2D eigenvalue weighted by molar-refractivity contribution is -0.134. The van der Waals surface area contributed by atoms with Gasteiger partial charge in [-0.15, -0.1) is 0 Å². The zero-order valence-electron chi connectivity index (χ0n) is 24.0. The molecular formula is C30H43N5O4. The summed E-state index contributed by atoms with van der Waals surface area (Å²) in [6.07, 6.45) is 3.93. The van der Waals surface area contributed by atoms with Crippen LogP contribution in [-0.2, 0) is 21.4 Å². The van der Waals surface area contributed by atoms with E-state index in [0.717, 1.165) is 68.6 Å². The average molecular weight is 538 g/mol. The Morgan fingerprint density at radius 3 is 2.51 bits per heavy atom. The number of hydrogen-bond donors (Lipinski definition) is 1. The van der Waals surface area contributed by atoms with Crippen molar-refractivity contribution in [2.75, 3.05) is 32.7 Å². The van der Waals surface area contributed by atoms with Gasteiger partial charge in [0, 0.05) is 38.5 Å². The Kier molecular flexibility index (Phi) is 7.73. The molecule has 3 aliphatic heterocycles. The predicted octanol–water partition coefficient (Wildman–Crippen LogP) is 4.17. The molecule has 1 unspecified atom stereocenters. The molecular weight excluding hydrogens is 494 g/mol. The molecule has 3 saturated heterocycles. The lowest BCUT2D eigenvalue weighted by Crippen LogP contribution is -2.48. The Hall–Kier alpha value is -2.94. The van der Waals surface area contributed by atoms with Gasteiger partial charge >= 0.3 is 6.09 Å². The number of ether oxygens (including phenoxy) is 1. The van der Waals surface area contributed by atoms with Crippen molar-refractivity contribution in [2.24, 2.45) is 18.9 Å². The van der Waals surface area contributed by atoms with E-state index in [0.29, 0.717) is 30.6 Å². The zero-order chi connectivity index (χ0) is 27.9. The van der Waals surface area contributed by atoms with Gasteiger partial charge in [-0.3, -0.25) is 19.6 Å². The molecule has 1 N–H and O–H groups in total. The molecule has 0 radical (unpaired) electrons. The number of imide groups is 1. The van der Waals surface area contributed by atoms with E-state index in [9.17, 15) is 14.4 Å². The number of amides is 3. The molecule has 39 heavy (non-hydrogen) atoms. The van der Waals surface area contributed by atoms with Crippen LogP contribution in [0.1, 0.15) is 82.9 Å². The minimum Gasteiger partial charge on any atom is -0.444 e. The van der Waals surface area contributed by atoms with Crippen molar-refractivity contribution >= 4 is 28.8 Å². The number of likely N-dealkylation sites (tertiary alicyclic amines) is 2. The lowest BCUT2D eigenvalue weighted by atomic mass is 9.84. The molecule has 0 bridgehead atoms. The molecule has 2 aromatic rings. The standard InChI is InChI=1S/C30H43N5O4/c1-19-17-35(29(38)39-30(2,3)4)15-12-22(19)18-34-13-10-20(11-14-34)21-6-7-23-25(16-21)33(5)32-27(23)24-8-9-26(36)31-28(24)37/h6-7,16,19-20,22,24H,8-15,17-18H2,1-5H3,(H,31,36,37)/t19-,22+,24?/m1/s1. The summed E-state index contributed by atoms with van der Waals surface area (Å²) in [5, 5.41) is 8.16. The lowest BCUT2D eigenvalue weighted by Gasteiger charge is -2.41. The van der Waals surface area contributed by atoms with Gasteiger partial charge in [0.15, 0.2) is 0 Å². The van der Waals surface area contributed by atoms with E-state index < -0.39 is 5.60 Å². The third-order valence-corrected chi connectivity index (χ3v) is 8.76. The van der Waals surface area contributed by atoms with E-state index in [-0.39, 0.29) is 23.8 Å². The van der Waals surface area contributed by atoms with Crippen molar-refractivity contribution in [2.45, 2.75) is 77.2 Å². The Balaban J connectivity index is 1.16. The van der Waals surface area contributed by atoms with Crippen LogP contribution in [0.2, 0.25) is 0 Å². The van der Waals surface area contributed by atoms with Gasteiger partial charge < -0.3 is 14.5 Å². The number of piperidine rings is 3. The predicted molar refractivity (Wildman–Crippen MR) is 149 cm³/mol. The SMILES string of the molecule is C[C@@H]1CN(C(=O)OC(C)(C)C)CC[C@H]1CN1CCC(c2ccc3c(C4CCC(=O)NC4=O)nn(C)c3c2)CC1. The second kappa shape index (κ2) is 10.9. The number of carbonyl (C=O) groups is 3. The van der Waals surface area contributed by atoms with Crippen LogP contribution in [0.3, 0.4) is 0 Å². The Bertz CT molecular complexity index is 1240. The highest BCUT2D eigenvalue weighted by atomic mass is 16.6. The van der Waals surface area contributed by atoms with Crippen LogP contribution in [0.25, 0.3) is 10.9 Å². The largest absolute Gasteiger partial charge is 0.444 e. The van der Waals surface area contributed by atoms with Crippen LogP contribution in [-0.4, -0.2) is 75.8 Å². The first-order valence-corrected chi connectivity index (χ1v) is 14.5. The van der Waals surface area contributed by atoms with Crippen LogP contribution >= 0.6 is 0 Å². The van der Waals surface area contributed by atoms with Gasteiger partial charge in [-0.1, -0.05) is 19.1 Å². The summed E-state index contributed by atoms with van der Waals surface area (Å²) in [7, 11) is 1.93. The summed E-state index contributed by atoms with van der Waals surface area (Å²) in [4.78, 5) is 41.0. The second-order valence-electron chi connectivity index (χ2n) is 12.8. The average Bonchev–Trinajstić information content (AvgIpc) is 3.20. The molecule has 212 valence electrons. The number of nitrogens with zero attached hydrogens (tertiary/aromatic N) is 4. The van der Waals surface area contributed by atoms with E-state index >= 15 is 0 Å². The van der Waals surface area contributed by atoms with Crippen LogP contribution in [0.15, 0.2) is 18.2 Å². The van der Waals surface area contributed by atoms with Crippen molar-refractivity contribution in [3.63, 3.8) is 0 Å². The van der Waals surface area contributed by atoms with Gasteiger partial charge in [-0.05, 0) is 88.9 Å². The van der Waals surface area contributed by atoms with Crippen molar-refractivity contribution in [3.05, 3.63) is 29.5 Å². The summed E-state index contributed by atoms with van der Waals surface area (Å²) in [6.45, 7) is 12.8. The minimum absolute atomic E-state index is 0.191. The minimum atomic E-state index is -0.460. The first kappa shape index (κ1) is 27.6.